The van der Waals surface area contributed by atoms with Gasteiger partial charge in [0.2, 0.25) is 5.91 Å². The Hall–Kier alpha value is -3.67. The summed E-state index contributed by atoms with van der Waals surface area (Å²) in [6, 6.07) is 18.6. The molecule has 0 aliphatic carbocycles. The quantitative estimate of drug-likeness (QED) is 0.261. The second kappa shape index (κ2) is 14.8. The number of nitrogens with one attached hydrogen (secondary N) is 1. The third-order valence-corrected chi connectivity index (χ3v) is 5.68. The summed E-state index contributed by atoms with van der Waals surface area (Å²) in [6.45, 7) is 12.8. The van der Waals surface area contributed by atoms with Gasteiger partial charge in [-0.15, -0.1) is 13.2 Å². The molecule has 6 nitrogen and oxygen atoms in total. The Bertz CT molecular complexity index is 1030. The molecule has 1 unspecified atom stereocenters. The maximum Gasteiger partial charge on any atom is 0.309 e. The van der Waals surface area contributed by atoms with E-state index >= 15 is 0 Å². The Kier molecular flexibility index (Phi) is 11.8. The van der Waals surface area contributed by atoms with Crippen molar-refractivity contribution in [3.63, 3.8) is 0 Å². The van der Waals surface area contributed by atoms with Gasteiger partial charge in [0.15, 0.2) is 0 Å². The molecule has 2 aromatic carbocycles. The van der Waals surface area contributed by atoms with Crippen molar-refractivity contribution in [3.05, 3.63) is 97.1 Å². The van der Waals surface area contributed by atoms with Gasteiger partial charge in [0, 0.05) is 5.92 Å². The van der Waals surface area contributed by atoms with Crippen LogP contribution in [0.1, 0.15) is 57.2 Å². The van der Waals surface area contributed by atoms with Gasteiger partial charge >= 0.3 is 11.9 Å². The Labute approximate surface area is 220 Å². The van der Waals surface area contributed by atoms with E-state index in [1.807, 2.05) is 60.7 Å². The molecule has 0 saturated carbocycles. The molecule has 0 spiro atoms. The number of carbonyl (C=O) groups excluding carboxylic acids is 3. The van der Waals surface area contributed by atoms with Crippen LogP contribution in [0, 0.1) is 11.8 Å². The lowest BCUT2D eigenvalue weighted by Crippen LogP contribution is -2.37. The lowest BCUT2D eigenvalue weighted by molar-refractivity contribution is -0.161. The van der Waals surface area contributed by atoms with E-state index in [9.17, 15) is 14.4 Å². The minimum Gasteiger partial charge on any atom is -0.463 e. The van der Waals surface area contributed by atoms with Crippen molar-refractivity contribution in [2.75, 3.05) is 6.61 Å². The Morgan fingerprint density at radius 2 is 1.46 bits per heavy atom. The van der Waals surface area contributed by atoms with Gasteiger partial charge in [-0.3, -0.25) is 14.4 Å². The highest BCUT2D eigenvalue weighted by molar-refractivity contribution is 5.81. The topological polar surface area (TPSA) is 81.7 Å². The highest BCUT2D eigenvalue weighted by Gasteiger charge is 2.28. The molecule has 0 fully saturated rings. The summed E-state index contributed by atoms with van der Waals surface area (Å²) >= 11 is 0. The standard InChI is InChI=1S/C31H39NO5/c1-6-14-25(20-23-16-10-8-11-17-23)29(34)32-27(24-18-12-9-13-19-24)22-36-30(35)26(15-7-2)21-28(33)37-31(3,4)5/h6-13,16-19,25-27H,1-2,14-15,20-22H2,3-5H3,(H,32,34)/t25-,26?,27-/m1/s1. The normalized spacial score (nSPS) is 13.5. The fourth-order valence-electron chi connectivity index (χ4n) is 3.91. The predicted molar refractivity (Wildman–Crippen MR) is 146 cm³/mol. The molecule has 1 N–H and O–H groups in total. The SMILES string of the molecule is C=CCC(CC(=O)OC(C)(C)C)C(=O)OC[C@@H](NC(=O)[C@H](CC=C)Cc1ccccc1)c1ccccc1. The van der Waals surface area contributed by atoms with Gasteiger partial charge < -0.3 is 14.8 Å². The van der Waals surface area contributed by atoms with Gasteiger partial charge in [-0.2, -0.15) is 0 Å². The third kappa shape index (κ3) is 10.9. The molecular weight excluding hydrogens is 466 g/mol. The van der Waals surface area contributed by atoms with Crippen LogP contribution in [0.5, 0.6) is 0 Å². The van der Waals surface area contributed by atoms with Gasteiger partial charge in [0.25, 0.3) is 0 Å². The molecule has 0 aliphatic rings. The molecule has 198 valence electrons. The zero-order valence-electron chi connectivity index (χ0n) is 22.2. The van der Waals surface area contributed by atoms with Crippen molar-refractivity contribution < 1.29 is 23.9 Å². The van der Waals surface area contributed by atoms with Crippen molar-refractivity contribution in [3.8, 4) is 0 Å². The van der Waals surface area contributed by atoms with Crippen LogP contribution < -0.4 is 5.32 Å². The van der Waals surface area contributed by atoms with Gasteiger partial charge in [-0.25, -0.2) is 0 Å². The van der Waals surface area contributed by atoms with Crippen LogP contribution in [0.25, 0.3) is 0 Å². The highest BCUT2D eigenvalue weighted by Crippen LogP contribution is 2.21. The number of ether oxygens (including phenoxy) is 2. The van der Waals surface area contributed by atoms with E-state index in [1.54, 1.807) is 32.9 Å². The van der Waals surface area contributed by atoms with Gasteiger partial charge in [-0.05, 0) is 51.2 Å². The summed E-state index contributed by atoms with van der Waals surface area (Å²) in [7, 11) is 0. The summed E-state index contributed by atoms with van der Waals surface area (Å²) in [6.07, 6.45) is 4.57. The Balaban J connectivity index is 2.12. The highest BCUT2D eigenvalue weighted by atomic mass is 16.6. The van der Waals surface area contributed by atoms with Gasteiger partial charge in [0.05, 0.1) is 18.4 Å². The first-order valence-corrected chi connectivity index (χ1v) is 12.6. The summed E-state index contributed by atoms with van der Waals surface area (Å²) in [5.74, 6) is -2.19. The minimum absolute atomic E-state index is 0.0668. The van der Waals surface area contributed by atoms with Crippen molar-refractivity contribution in [2.24, 2.45) is 11.8 Å². The number of benzene rings is 2. The Morgan fingerprint density at radius 1 is 0.892 bits per heavy atom. The molecule has 0 aromatic heterocycles. The first-order chi connectivity index (χ1) is 17.6. The molecule has 1 amide bonds. The first kappa shape index (κ1) is 29.6. The van der Waals surface area contributed by atoms with Gasteiger partial charge in [-0.1, -0.05) is 72.8 Å². The summed E-state index contributed by atoms with van der Waals surface area (Å²) < 4.78 is 11.0. The minimum atomic E-state index is -0.717. The van der Waals surface area contributed by atoms with Gasteiger partial charge in [0.1, 0.15) is 12.2 Å². The van der Waals surface area contributed by atoms with Crippen molar-refractivity contribution in [2.45, 2.75) is 58.1 Å². The molecule has 6 heteroatoms. The van der Waals surface area contributed by atoms with E-state index in [4.69, 9.17) is 9.47 Å². The average Bonchev–Trinajstić information content (AvgIpc) is 2.85. The maximum atomic E-state index is 13.3. The predicted octanol–water partition coefficient (Wildman–Crippen LogP) is 5.75. The van der Waals surface area contributed by atoms with Crippen LogP contribution in [0.15, 0.2) is 86.0 Å². The summed E-state index contributed by atoms with van der Waals surface area (Å²) in [5, 5.41) is 3.06. The van der Waals surface area contributed by atoms with E-state index in [1.165, 1.54) is 0 Å². The second-order valence-electron chi connectivity index (χ2n) is 10.0. The van der Waals surface area contributed by atoms with E-state index in [-0.39, 0.29) is 31.3 Å². The molecule has 37 heavy (non-hydrogen) atoms. The van der Waals surface area contributed by atoms with E-state index in [0.717, 1.165) is 11.1 Å². The van der Waals surface area contributed by atoms with Crippen molar-refractivity contribution >= 4 is 17.8 Å². The fourth-order valence-corrected chi connectivity index (χ4v) is 3.91. The molecule has 0 saturated heterocycles. The zero-order chi connectivity index (χ0) is 27.3. The molecule has 3 atom stereocenters. The fraction of sp³-hybridized carbons (Fsp3) is 0.387. The van der Waals surface area contributed by atoms with Crippen LogP contribution in [-0.4, -0.2) is 30.1 Å². The summed E-state index contributed by atoms with van der Waals surface area (Å²) in [4.78, 5) is 38.5. The lowest BCUT2D eigenvalue weighted by Gasteiger charge is -2.24. The molecule has 0 radical (unpaired) electrons. The molecule has 2 aromatic rings. The van der Waals surface area contributed by atoms with E-state index < -0.39 is 29.5 Å². The van der Waals surface area contributed by atoms with Crippen molar-refractivity contribution in [1.82, 2.24) is 5.32 Å². The maximum absolute atomic E-state index is 13.3. The van der Waals surface area contributed by atoms with Crippen LogP contribution >= 0.6 is 0 Å². The molecule has 0 bridgehead atoms. The molecular formula is C31H39NO5. The third-order valence-electron chi connectivity index (χ3n) is 5.68. The Morgan fingerprint density at radius 3 is 2.03 bits per heavy atom. The number of esters is 2. The number of hydrogen-bond acceptors (Lipinski definition) is 5. The number of carbonyl (C=O) groups is 3. The summed E-state index contributed by atoms with van der Waals surface area (Å²) in [5.41, 5.74) is 1.22. The molecule has 0 heterocycles. The zero-order valence-corrected chi connectivity index (χ0v) is 22.2. The number of hydrogen-bond donors (Lipinski definition) is 1. The average molecular weight is 506 g/mol. The second-order valence-corrected chi connectivity index (χ2v) is 10.0. The number of amides is 1. The van der Waals surface area contributed by atoms with Crippen LogP contribution in [0.2, 0.25) is 0 Å². The largest absolute Gasteiger partial charge is 0.463 e. The van der Waals surface area contributed by atoms with Crippen LogP contribution in [-0.2, 0) is 30.3 Å². The monoisotopic (exact) mass is 505 g/mol. The smallest absolute Gasteiger partial charge is 0.309 e. The molecule has 0 aliphatic heterocycles. The number of allylic oxidation sites excluding steroid dienone is 2. The van der Waals surface area contributed by atoms with E-state index in [2.05, 4.69) is 18.5 Å². The number of rotatable bonds is 14. The molecule has 2 rings (SSSR count). The van der Waals surface area contributed by atoms with Crippen LogP contribution in [0.4, 0.5) is 0 Å². The van der Waals surface area contributed by atoms with E-state index in [0.29, 0.717) is 12.8 Å². The van der Waals surface area contributed by atoms with Crippen molar-refractivity contribution in [1.29, 1.82) is 0 Å². The van der Waals surface area contributed by atoms with Crippen LogP contribution in [0.3, 0.4) is 0 Å². The lowest BCUT2D eigenvalue weighted by atomic mass is 9.94. The first-order valence-electron chi connectivity index (χ1n) is 12.6.